The van der Waals surface area contributed by atoms with Gasteiger partial charge in [0.15, 0.2) is 0 Å². The zero-order valence-electron chi connectivity index (χ0n) is 8.24. The fourth-order valence-electron chi connectivity index (χ4n) is 1.08. The first-order valence-corrected chi connectivity index (χ1v) is 5.23. The fraction of sp³-hybridized carbons (Fsp3) is 0.300. The SMILES string of the molecule is CON(Cc1ccc(Cl)cc1)C(=O)CCl. The van der Waals surface area contributed by atoms with Gasteiger partial charge in [-0.05, 0) is 17.7 Å². The van der Waals surface area contributed by atoms with Crippen molar-refractivity contribution in [1.29, 1.82) is 0 Å². The largest absolute Gasteiger partial charge is 0.274 e. The third kappa shape index (κ3) is 3.70. The lowest BCUT2D eigenvalue weighted by atomic mass is 10.2. The van der Waals surface area contributed by atoms with Crippen molar-refractivity contribution in [2.45, 2.75) is 6.54 Å². The summed E-state index contributed by atoms with van der Waals surface area (Å²) in [7, 11) is 1.43. The average molecular weight is 248 g/mol. The monoisotopic (exact) mass is 247 g/mol. The summed E-state index contributed by atoms with van der Waals surface area (Å²) in [6.07, 6.45) is 0. The van der Waals surface area contributed by atoms with Gasteiger partial charge in [-0.3, -0.25) is 9.63 Å². The Morgan fingerprint density at radius 1 is 1.40 bits per heavy atom. The molecule has 1 aromatic carbocycles. The maximum atomic E-state index is 11.3. The maximum Gasteiger partial charge on any atom is 0.261 e. The van der Waals surface area contributed by atoms with Crippen LogP contribution in [0.4, 0.5) is 0 Å². The summed E-state index contributed by atoms with van der Waals surface area (Å²) in [5.41, 5.74) is 0.930. The summed E-state index contributed by atoms with van der Waals surface area (Å²) in [5, 5.41) is 1.86. The Labute approximate surface area is 98.5 Å². The van der Waals surface area contributed by atoms with Crippen LogP contribution in [-0.4, -0.2) is 24.0 Å². The van der Waals surface area contributed by atoms with E-state index in [9.17, 15) is 4.79 Å². The highest BCUT2D eigenvalue weighted by Crippen LogP contribution is 2.11. The van der Waals surface area contributed by atoms with Crippen molar-refractivity contribution in [3.63, 3.8) is 0 Å². The Morgan fingerprint density at radius 3 is 2.47 bits per heavy atom. The molecule has 3 nitrogen and oxygen atoms in total. The number of hydroxylamine groups is 2. The summed E-state index contributed by atoms with van der Waals surface area (Å²) in [4.78, 5) is 16.2. The van der Waals surface area contributed by atoms with E-state index in [-0.39, 0.29) is 11.8 Å². The van der Waals surface area contributed by atoms with Crippen LogP contribution in [0.1, 0.15) is 5.56 Å². The van der Waals surface area contributed by atoms with Gasteiger partial charge < -0.3 is 0 Å². The molecule has 5 heteroatoms. The number of amides is 1. The van der Waals surface area contributed by atoms with E-state index in [2.05, 4.69) is 0 Å². The Hall–Kier alpha value is -0.770. The van der Waals surface area contributed by atoms with Crippen molar-refractivity contribution in [1.82, 2.24) is 5.06 Å². The molecular weight excluding hydrogens is 237 g/mol. The minimum Gasteiger partial charge on any atom is -0.274 e. The number of hydrogen-bond acceptors (Lipinski definition) is 2. The predicted molar refractivity (Wildman–Crippen MR) is 59.7 cm³/mol. The number of alkyl halides is 1. The molecule has 0 bridgehead atoms. The molecule has 0 aromatic heterocycles. The van der Waals surface area contributed by atoms with E-state index in [1.165, 1.54) is 12.2 Å². The van der Waals surface area contributed by atoms with Gasteiger partial charge in [0, 0.05) is 5.02 Å². The van der Waals surface area contributed by atoms with Gasteiger partial charge in [0.25, 0.3) is 5.91 Å². The third-order valence-corrected chi connectivity index (χ3v) is 2.33. The summed E-state index contributed by atoms with van der Waals surface area (Å²) < 4.78 is 0. The van der Waals surface area contributed by atoms with Crippen LogP contribution in [0.25, 0.3) is 0 Å². The van der Waals surface area contributed by atoms with Gasteiger partial charge in [0.05, 0.1) is 13.7 Å². The summed E-state index contributed by atoms with van der Waals surface area (Å²) in [6.45, 7) is 0.360. The molecule has 1 amide bonds. The van der Waals surface area contributed by atoms with Gasteiger partial charge in [-0.1, -0.05) is 23.7 Å². The number of halogens is 2. The molecule has 0 N–H and O–H groups in total. The van der Waals surface area contributed by atoms with Crippen LogP contribution in [0.15, 0.2) is 24.3 Å². The number of benzene rings is 1. The highest BCUT2D eigenvalue weighted by molar-refractivity contribution is 6.30. The molecule has 1 aromatic rings. The lowest BCUT2D eigenvalue weighted by Gasteiger charge is -2.18. The molecule has 0 radical (unpaired) electrons. The Kier molecular flexibility index (Phi) is 4.88. The fourth-order valence-corrected chi connectivity index (χ4v) is 1.34. The second kappa shape index (κ2) is 5.95. The van der Waals surface area contributed by atoms with Crippen molar-refractivity contribution in [2.75, 3.05) is 13.0 Å². The number of nitrogens with zero attached hydrogens (tertiary/aromatic N) is 1. The smallest absolute Gasteiger partial charge is 0.261 e. The van der Waals surface area contributed by atoms with E-state index >= 15 is 0 Å². The van der Waals surface area contributed by atoms with Crippen LogP contribution >= 0.6 is 23.2 Å². The first kappa shape index (κ1) is 12.3. The third-order valence-electron chi connectivity index (χ3n) is 1.85. The van der Waals surface area contributed by atoms with Crippen LogP contribution in [0.5, 0.6) is 0 Å². The van der Waals surface area contributed by atoms with Gasteiger partial charge in [-0.2, -0.15) is 0 Å². The molecule has 0 fully saturated rings. The molecule has 0 saturated carbocycles. The van der Waals surface area contributed by atoms with Crippen LogP contribution in [0.2, 0.25) is 5.02 Å². The van der Waals surface area contributed by atoms with Gasteiger partial charge in [0.2, 0.25) is 0 Å². The van der Waals surface area contributed by atoms with E-state index in [0.29, 0.717) is 11.6 Å². The van der Waals surface area contributed by atoms with Crippen LogP contribution in [-0.2, 0) is 16.2 Å². The zero-order chi connectivity index (χ0) is 11.3. The molecule has 1 rings (SSSR count). The van der Waals surface area contributed by atoms with Crippen LogP contribution in [0.3, 0.4) is 0 Å². The van der Waals surface area contributed by atoms with E-state index in [4.69, 9.17) is 28.0 Å². The number of carbonyl (C=O) groups excluding carboxylic acids is 1. The first-order valence-electron chi connectivity index (χ1n) is 4.32. The molecule has 0 spiro atoms. The molecule has 82 valence electrons. The van der Waals surface area contributed by atoms with E-state index in [0.717, 1.165) is 5.56 Å². The highest BCUT2D eigenvalue weighted by Gasteiger charge is 2.11. The molecule has 0 saturated heterocycles. The van der Waals surface area contributed by atoms with Crippen molar-refractivity contribution >= 4 is 29.1 Å². The van der Waals surface area contributed by atoms with Gasteiger partial charge in [-0.15, -0.1) is 11.6 Å². The lowest BCUT2D eigenvalue weighted by Crippen LogP contribution is -2.30. The quantitative estimate of drug-likeness (QED) is 0.605. The second-order valence-corrected chi connectivity index (χ2v) is 3.58. The molecule has 0 heterocycles. The van der Waals surface area contributed by atoms with Gasteiger partial charge in [-0.25, -0.2) is 5.06 Å². The van der Waals surface area contributed by atoms with Crippen molar-refractivity contribution in [3.8, 4) is 0 Å². The van der Waals surface area contributed by atoms with Crippen LogP contribution < -0.4 is 0 Å². The highest BCUT2D eigenvalue weighted by atomic mass is 35.5. The second-order valence-electron chi connectivity index (χ2n) is 2.87. The molecule has 0 aliphatic heterocycles. The minimum absolute atomic E-state index is 0.0958. The van der Waals surface area contributed by atoms with Crippen molar-refractivity contribution in [3.05, 3.63) is 34.9 Å². The number of hydrogen-bond donors (Lipinski definition) is 0. The Bertz CT molecular complexity index is 327. The summed E-state index contributed by atoms with van der Waals surface area (Å²) in [5.74, 6) is -0.365. The Morgan fingerprint density at radius 2 is 2.00 bits per heavy atom. The standard InChI is InChI=1S/C10H11Cl2NO2/c1-15-13(10(14)6-11)7-8-2-4-9(12)5-3-8/h2-5H,6-7H2,1H3. The maximum absolute atomic E-state index is 11.3. The van der Waals surface area contributed by atoms with E-state index in [1.807, 2.05) is 12.1 Å². The first-order chi connectivity index (χ1) is 7.17. The molecule has 15 heavy (non-hydrogen) atoms. The van der Waals surface area contributed by atoms with Gasteiger partial charge in [0.1, 0.15) is 5.88 Å². The molecule has 0 aliphatic rings. The number of carbonyl (C=O) groups is 1. The topological polar surface area (TPSA) is 29.5 Å². The summed E-state index contributed by atoms with van der Waals surface area (Å²) >= 11 is 11.2. The summed E-state index contributed by atoms with van der Waals surface area (Å²) in [6, 6.07) is 7.18. The lowest BCUT2D eigenvalue weighted by molar-refractivity contribution is -0.176. The predicted octanol–water partition coefficient (Wildman–Crippen LogP) is 2.47. The molecule has 0 aliphatic carbocycles. The van der Waals surface area contributed by atoms with Crippen molar-refractivity contribution in [2.24, 2.45) is 0 Å². The minimum atomic E-state index is -0.269. The van der Waals surface area contributed by atoms with Crippen molar-refractivity contribution < 1.29 is 9.63 Å². The molecule has 0 atom stereocenters. The van der Waals surface area contributed by atoms with E-state index < -0.39 is 0 Å². The van der Waals surface area contributed by atoms with Crippen LogP contribution in [0, 0.1) is 0 Å². The average Bonchev–Trinajstić information content (AvgIpc) is 2.27. The zero-order valence-corrected chi connectivity index (χ0v) is 9.76. The Balaban J connectivity index is 2.66. The molecular formula is C10H11Cl2NO2. The molecule has 0 unspecified atom stereocenters. The van der Waals surface area contributed by atoms with E-state index in [1.54, 1.807) is 12.1 Å². The number of rotatable bonds is 4. The van der Waals surface area contributed by atoms with Gasteiger partial charge >= 0.3 is 0 Å². The normalized spacial score (nSPS) is 10.1.